The number of amides is 1. The first-order chi connectivity index (χ1) is 9.08. The highest BCUT2D eigenvalue weighted by molar-refractivity contribution is 5.95. The molecule has 1 aliphatic heterocycles. The van der Waals surface area contributed by atoms with Crippen LogP contribution in [0.1, 0.15) is 12.0 Å². The van der Waals surface area contributed by atoms with Crippen LogP contribution in [0.2, 0.25) is 0 Å². The van der Waals surface area contributed by atoms with Crippen molar-refractivity contribution in [3.8, 4) is 0 Å². The molecule has 0 spiro atoms. The van der Waals surface area contributed by atoms with Crippen molar-refractivity contribution in [1.29, 1.82) is 0 Å². The molecule has 6 heteroatoms. The first kappa shape index (κ1) is 13.1. The lowest BCUT2D eigenvalue weighted by Gasteiger charge is -2.19. The Hall–Kier alpha value is -2.37. The van der Waals surface area contributed by atoms with Crippen molar-refractivity contribution < 1.29 is 24.2 Å². The lowest BCUT2D eigenvalue weighted by Crippen LogP contribution is -2.40. The van der Waals surface area contributed by atoms with Gasteiger partial charge in [-0.3, -0.25) is 9.69 Å². The first-order valence-electron chi connectivity index (χ1n) is 5.80. The van der Waals surface area contributed by atoms with Crippen LogP contribution in [-0.2, 0) is 20.9 Å². The van der Waals surface area contributed by atoms with E-state index in [2.05, 4.69) is 0 Å². The maximum Gasteiger partial charge on any atom is 0.411 e. The Kier molecular flexibility index (Phi) is 3.79. The van der Waals surface area contributed by atoms with Gasteiger partial charge in [0, 0.05) is 6.42 Å². The number of hydrogen-bond donors (Lipinski definition) is 1. The smallest absolute Gasteiger partial charge is 0.411 e. The van der Waals surface area contributed by atoms with E-state index < -0.39 is 18.1 Å². The lowest BCUT2D eigenvalue weighted by atomic mass is 10.2. The summed E-state index contributed by atoms with van der Waals surface area (Å²) in [6, 6.07) is 7.92. The molecular weight excluding hydrogens is 250 g/mol. The van der Waals surface area contributed by atoms with Gasteiger partial charge in [0.2, 0.25) is 0 Å². The van der Waals surface area contributed by atoms with E-state index in [0.717, 1.165) is 10.5 Å². The molecule has 19 heavy (non-hydrogen) atoms. The molecule has 6 nitrogen and oxygen atoms in total. The SMILES string of the molecule is O=C1C[C@H](C(=O)O)N(C(=O)OCc2ccccc2)C1. The zero-order valence-corrected chi connectivity index (χ0v) is 10.1. The third-order valence-electron chi connectivity index (χ3n) is 2.87. The summed E-state index contributed by atoms with van der Waals surface area (Å²) in [6.45, 7) is -0.151. The standard InChI is InChI=1S/C13H13NO5/c15-10-6-11(12(16)17)14(7-10)13(18)19-8-9-4-2-1-3-5-9/h1-5,11H,6-8H2,(H,16,17)/t11-/m1/s1. The average Bonchev–Trinajstić information content (AvgIpc) is 2.79. The predicted molar refractivity (Wildman–Crippen MR) is 64.4 cm³/mol. The predicted octanol–water partition coefficient (Wildman–Crippen LogP) is 1.05. The van der Waals surface area contributed by atoms with E-state index in [1.807, 2.05) is 18.2 Å². The molecule has 1 heterocycles. The number of ether oxygens (including phenoxy) is 1. The fraction of sp³-hybridized carbons (Fsp3) is 0.308. The van der Waals surface area contributed by atoms with Crippen LogP contribution in [0.15, 0.2) is 30.3 Å². The van der Waals surface area contributed by atoms with Gasteiger partial charge in [0.05, 0.1) is 6.54 Å². The van der Waals surface area contributed by atoms with Gasteiger partial charge in [-0.1, -0.05) is 30.3 Å². The molecule has 0 aromatic heterocycles. The van der Waals surface area contributed by atoms with Crippen molar-refractivity contribution >= 4 is 17.8 Å². The van der Waals surface area contributed by atoms with Crippen LogP contribution in [0.3, 0.4) is 0 Å². The summed E-state index contributed by atoms with van der Waals surface area (Å²) in [5.41, 5.74) is 0.799. The Labute approximate surface area is 109 Å². The number of aliphatic carboxylic acids is 1. The third kappa shape index (κ3) is 3.09. The maximum absolute atomic E-state index is 11.8. The Balaban J connectivity index is 1.96. The Morgan fingerprint density at radius 1 is 1.32 bits per heavy atom. The molecule has 2 rings (SSSR count). The van der Waals surface area contributed by atoms with Gasteiger partial charge < -0.3 is 9.84 Å². The van der Waals surface area contributed by atoms with Crippen molar-refractivity contribution in [1.82, 2.24) is 4.90 Å². The summed E-state index contributed by atoms with van der Waals surface area (Å²) in [5.74, 6) is -1.47. The molecule has 1 aliphatic rings. The van der Waals surface area contributed by atoms with Gasteiger partial charge in [-0.25, -0.2) is 9.59 Å². The molecule has 1 aromatic carbocycles. The van der Waals surface area contributed by atoms with Gasteiger partial charge in [-0.05, 0) is 5.56 Å². The fourth-order valence-corrected chi connectivity index (χ4v) is 1.91. The molecule has 0 radical (unpaired) electrons. The van der Waals surface area contributed by atoms with E-state index >= 15 is 0 Å². The second kappa shape index (κ2) is 5.51. The molecular formula is C13H13NO5. The zero-order chi connectivity index (χ0) is 13.8. The molecule has 1 fully saturated rings. The molecule has 100 valence electrons. The van der Waals surface area contributed by atoms with Gasteiger partial charge in [-0.15, -0.1) is 0 Å². The third-order valence-corrected chi connectivity index (χ3v) is 2.87. The Morgan fingerprint density at radius 3 is 2.63 bits per heavy atom. The quantitative estimate of drug-likeness (QED) is 0.881. The number of carboxylic acid groups (broad SMARTS) is 1. The van der Waals surface area contributed by atoms with E-state index in [9.17, 15) is 14.4 Å². The van der Waals surface area contributed by atoms with Gasteiger partial charge >= 0.3 is 12.1 Å². The van der Waals surface area contributed by atoms with E-state index in [0.29, 0.717) is 0 Å². The van der Waals surface area contributed by atoms with E-state index in [1.54, 1.807) is 12.1 Å². The van der Waals surface area contributed by atoms with Crippen LogP contribution in [0.25, 0.3) is 0 Å². The highest BCUT2D eigenvalue weighted by Crippen LogP contribution is 2.16. The number of Topliss-reactive ketones (excluding diaryl/α,β-unsaturated/α-hetero) is 1. The van der Waals surface area contributed by atoms with E-state index in [4.69, 9.17) is 9.84 Å². The van der Waals surface area contributed by atoms with Crippen LogP contribution in [0.5, 0.6) is 0 Å². The molecule has 1 amide bonds. The number of hydrogen-bond acceptors (Lipinski definition) is 4. The highest BCUT2D eigenvalue weighted by atomic mass is 16.6. The number of nitrogens with zero attached hydrogens (tertiary/aromatic N) is 1. The van der Waals surface area contributed by atoms with Crippen LogP contribution in [0.4, 0.5) is 4.79 Å². The fourth-order valence-electron chi connectivity index (χ4n) is 1.91. The van der Waals surface area contributed by atoms with Crippen molar-refractivity contribution in [2.45, 2.75) is 19.1 Å². The Bertz CT molecular complexity index is 499. The minimum Gasteiger partial charge on any atom is -0.480 e. The van der Waals surface area contributed by atoms with Crippen molar-refractivity contribution in [3.63, 3.8) is 0 Å². The van der Waals surface area contributed by atoms with Crippen LogP contribution < -0.4 is 0 Å². The second-order valence-electron chi connectivity index (χ2n) is 4.26. The maximum atomic E-state index is 11.8. The average molecular weight is 263 g/mol. The van der Waals surface area contributed by atoms with Crippen LogP contribution >= 0.6 is 0 Å². The number of carbonyl (C=O) groups is 3. The molecule has 0 saturated carbocycles. The normalized spacial score (nSPS) is 18.4. The molecule has 1 atom stereocenters. The summed E-state index contributed by atoms with van der Waals surface area (Å²) in [4.78, 5) is 34.9. The topological polar surface area (TPSA) is 83.9 Å². The summed E-state index contributed by atoms with van der Waals surface area (Å²) in [6.07, 6.45) is -0.933. The zero-order valence-electron chi connectivity index (χ0n) is 10.1. The second-order valence-corrected chi connectivity index (χ2v) is 4.26. The largest absolute Gasteiger partial charge is 0.480 e. The van der Waals surface area contributed by atoms with Crippen LogP contribution in [-0.4, -0.2) is 40.4 Å². The molecule has 0 unspecified atom stereocenters. The molecule has 1 saturated heterocycles. The monoisotopic (exact) mass is 263 g/mol. The van der Waals surface area contributed by atoms with Gasteiger partial charge in [-0.2, -0.15) is 0 Å². The van der Waals surface area contributed by atoms with Crippen molar-refractivity contribution in [2.75, 3.05) is 6.54 Å². The van der Waals surface area contributed by atoms with Crippen molar-refractivity contribution in [2.24, 2.45) is 0 Å². The number of likely N-dealkylation sites (tertiary alicyclic amines) is 1. The lowest BCUT2D eigenvalue weighted by molar-refractivity contribution is -0.142. The minimum absolute atomic E-state index is 0.0523. The number of ketones is 1. The van der Waals surface area contributed by atoms with Gasteiger partial charge in [0.25, 0.3) is 0 Å². The minimum atomic E-state index is -1.19. The Morgan fingerprint density at radius 2 is 2.00 bits per heavy atom. The summed E-state index contributed by atoms with van der Waals surface area (Å²) < 4.78 is 5.01. The number of benzene rings is 1. The molecule has 0 aliphatic carbocycles. The number of rotatable bonds is 3. The summed E-state index contributed by atoms with van der Waals surface area (Å²) >= 11 is 0. The highest BCUT2D eigenvalue weighted by Gasteiger charge is 2.39. The van der Waals surface area contributed by atoms with E-state index in [-0.39, 0.29) is 25.4 Å². The van der Waals surface area contributed by atoms with Gasteiger partial charge in [0.15, 0.2) is 5.78 Å². The molecule has 1 aromatic rings. The van der Waals surface area contributed by atoms with Gasteiger partial charge in [0.1, 0.15) is 12.6 Å². The number of carbonyl (C=O) groups excluding carboxylic acids is 2. The van der Waals surface area contributed by atoms with Crippen LogP contribution in [0, 0.1) is 0 Å². The van der Waals surface area contributed by atoms with E-state index in [1.165, 1.54) is 0 Å². The number of carboxylic acids is 1. The van der Waals surface area contributed by atoms with Crippen molar-refractivity contribution in [3.05, 3.63) is 35.9 Å². The first-order valence-corrected chi connectivity index (χ1v) is 5.80. The molecule has 1 N–H and O–H groups in total. The molecule has 0 bridgehead atoms. The summed E-state index contributed by atoms with van der Waals surface area (Å²) in [5, 5.41) is 8.93. The summed E-state index contributed by atoms with van der Waals surface area (Å²) in [7, 11) is 0.